The molecule has 9 heteroatoms. The molecule has 38 heavy (non-hydrogen) atoms. The monoisotopic (exact) mass is 509 g/mol. The molecule has 0 bridgehead atoms. The molecule has 192 valence electrons. The van der Waals surface area contributed by atoms with Gasteiger partial charge in [0.15, 0.2) is 16.9 Å². The van der Waals surface area contributed by atoms with E-state index in [4.69, 9.17) is 19.9 Å². The first-order chi connectivity index (χ1) is 18.4. The van der Waals surface area contributed by atoms with Gasteiger partial charge in [-0.2, -0.15) is 15.8 Å². The van der Waals surface area contributed by atoms with Gasteiger partial charge in [-0.1, -0.05) is 42.5 Å². The fourth-order valence-electron chi connectivity index (χ4n) is 5.15. The third-order valence-electron chi connectivity index (χ3n) is 6.97. The fraction of sp³-hybridized carbons (Fsp3) is 0.310. The number of nitriles is 3. The maximum absolute atomic E-state index is 12.6. The number of rotatable bonds is 6. The standard InChI is InChI=1S/C29H27N5O4/c1-3-37-28(35)34-12-11-21-22(14-30)27(33)29(17-31,18-32)26(23(21)15-34)20-9-10-24(25(13-20)36-2)38-16-19-7-5-4-6-8-19/h4-11,13,23,26H,3,12,15-16,33H2,1-2H3. The summed E-state index contributed by atoms with van der Waals surface area (Å²) in [5, 5.41) is 30.6. The van der Waals surface area contributed by atoms with Crippen LogP contribution < -0.4 is 15.2 Å². The van der Waals surface area contributed by atoms with Gasteiger partial charge in [0, 0.05) is 24.9 Å². The zero-order valence-corrected chi connectivity index (χ0v) is 21.2. The van der Waals surface area contributed by atoms with Crippen LogP contribution in [-0.2, 0) is 11.3 Å². The minimum atomic E-state index is -1.85. The highest BCUT2D eigenvalue weighted by Crippen LogP contribution is 2.55. The van der Waals surface area contributed by atoms with Gasteiger partial charge in [-0.05, 0) is 35.8 Å². The Balaban J connectivity index is 1.80. The maximum Gasteiger partial charge on any atom is 0.410 e. The SMILES string of the molecule is CCOC(=O)N1CC=C2C(C#N)=C(N)C(C#N)(C#N)C(c3ccc(OCc4ccccc4)c(OC)c3)C2C1. The normalized spacial score (nSPS) is 19.7. The highest BCUT2D eigenvalue weighted by atomic mass is 16.6. The molecule has 0 saturated heterocycles. The van der Waals surface area contributed by atoms with E-state index in [1.54, 1.807) is 31.2 Å². The molecule has 1 aliphatic carbocycles. The summed E-state index contributed by atoms with van der Waals surface area (Å²) in [5.41, 5.74) is 6.75. The fourth-order valence-corrected chi connectivity index (χ4v) is 5.15. The number of fused-ring (bicyclic) bond motifs is 1. The van der Waals surface area contributed by atoms with Crippen molar-refractivity contribution in [2.24, 2.45) is 17.1 Å². The number of carbonyl (C=O) groups excluding carboxylic acids is 1. The van der Waals surface area contributed by atoms with Crippen LogP contribution in [0.2, 0.25) is 0 Å². The van der Waals surface area contributed by atoms with E-state index in [1.165, 1.54) is 12.0 Å². The van der Waals surface area contributed by atoms with Crippen LogP contribution in [0.5, 0.6) is 11.5 Å². The van der Waals surface area contributed by atoms with Crippen molar-refractivity contribution < 1.29 is 19.0 Å². The number of allylic oxidation sites excluding steroid dienone is 2. The molecule has 2 N–H and O–H groups in total. The first kappa shape index (κ1) is 26.1. The molecule has 2 atom stereocenters. The smallest absolute Gasteiger partial charge is 0.410 e. The van der Waals surface area contributed by atoms with Crippen LogP contribution in [-0.4, -0.2) is 37.8 Å². The zero-order valence-electron chi connectivity index (χ0n) is 21.2. The number of methoxy groups -OCH3 is 1. The predicted molar refractivity (Wildman–Crippen MR) is 137 cm³/mol. The molecular formula is C29H27N5O4. The summed E-state index contributed by atoms with van der Waals surface area (Å²) in [5.74, 6) is -0.449. The quantitative estimate of drug-likeness (QED) is 0.611. The Bertz CT molecular complexity index is 1400. The van der Waals surface area contributed by atoms with E-state index in [1.807, 2.05) is 30.3 Å². The summed E-state index contributed by atoms with van der Waals surface area (Å²) in [6.45, 7) is 2.61. The van der Waals surface area contributed by atoms with E-state index < -0.39 is 23.3 Å². The molecule has 2 aliphatic rings. The van der Waals surface area contributed by atoms with Crippen LogP contribution in [0.15, 0.2) is 71.5 Å². The predicted octanol–water partition coefficient (Wildman–Crippen LogP) is 4.16. The number of nitrogens with two attached hydrogens (primary N) is 1. The first-order valence-electron chi connectivity index (χ1n) is 12.1. The molecule has 9 nitrogen and oxygen atoms in total. The Labute approximate surface area is 221 Å². The molecule has 4 rings (SSSR count). The third kappa shape index (κ3) is 4.49. The van der Waals surface area contributed by atoms with Gasteiger partial charge in [-0.3, -0.25) is 0 Å². The Morgan fingerprint density at radius 2 is 1.87 bits per heavy atom. The van der Waals surface area contributed by atoms with Crippen molar-refractivity contribution in [1.29, 1.82) is 15.8 Å². The molecule has 1 amide bonds. The molecule has 2 aromatic rings. The molecule has 2 unspecified atom stereocenters. The zero-order chi connectivity index (χ0) is 27.3. The largest absolute Gasteiger partial charge is 0.493 e. The van der Waals surface area contributed by atoms with Gasteiger partial charge in [0.25, 0.3) is 0 Å². The Morgan fingerprint density at radius 3 is 2.50 bits per heavy atom. The Hall–Kier alpha value is -4.94. The maximum atomic E-state index is 12.6. The van der Waals surface area contributed by atoms with Gasteiger partial charge in [-0.25, -0.2) is 4.79 Å². The van der Waals surface area contributed by atoms with Crippen LogP contribution in [0.25, 0.3) is 0 Å². The van der Waals surface area contributed by atoms with Gasteiger partial charge in [-0.15, -0.1) is 0 Å². The van der Waals surface area contributed by atoms with E-state index in [0.717, 1.165) is 5.56 Å². The average molecular weight is 510 g/mol. The lowest BCUT2D eigenvalue weighted by Gasteiger charge is -2.45. The van der Waals surface area contributed by atoms with Crippen LogP contribution in [0.4, 0.5) is 4.79 Å². The first-order valence-corrected chi connectivity index (χ1v) is 12.1. The lowest BCUT2D eigenvalue weighted by atomic mass is 9.58. The highest BCUT2D eigenvalue weighted by molar-refractivity contribution is 5.69. The van der Waals surface area contributed by atoms with E-state index in [2.05, 4.69) is 18.2 Å². The number of hydrogen-bond donors (Lipinski definition) is 1. The minimum Gasteiger partial charge on any atom is -0.493 e. The molecule has 0 saturated carbocycles. The lowest BCUT2D eigenvalue weighted by molar-refractivity contribution is 0.0999. The van der Waals surface area contributed by atoms with E-state index >= 15 is 0 Å². The summed E-state index contributed by atoms with van der Waals surface area (Å²) in [6.07, 6.45) is 1.24. The number of nitrogens with zero attached hydrogens (tertiary/aromatic N) is 4. The van der Waals surface area contributed by atoms with Crippen LogP contribution in [0.1, 0.15) is 24.0 Å². The number of ether oxygens (including phenoxy) is 3. The van der Waals surface area contributed by atoms with Gasteiger partial charge >= 0.3 is 6.09 Å². The van der Waals surface area contributed by atoms with Crippen molar-refractivity contribution in [2.45, 2.75) is 19.4 Å². The topological polar surface area (TPSA) is 145 Å². The number of benzene rings is 2. The van der Waals surface area contributed by atoms with Crippen molar-refractivity contribution >= 4 is 6.09 Å². The van der Waals surface area contributed by atoms with E-state index in [-0.39, 0.29) is 31.0 Å². The summed E-state index contributed by atoms with van der Waals surface area (Å²) >= 11 is 0. The lowest BCUT2D eigenvalue weighted by Crippen LogP contribution is -2.49. The van der Waals surface area contributed by atoms with Crippen molar-refractivity contribution in [1.82, 2.24) is 4.90 Å². The summed E-state index contributed by atoms with van der Waals surface area (Å²) in [7, 11) is 1.51. The molecule has 0 aromatic heterocycles. The van der Waals surface area contributed by atoms with E-state index in [9.17, 15) is 20.6 Å². The van der Waals surface area contributed by atoms with Crippen molar-refractivity contribution in [3.8, 4) is 29.7 Å². The Morgan fingerprint density at radius 1 is 1.13 bits per heavy atom. The number of amides is 1. The van der Waals surface area contributed by atoms with Crippen molar-refractivity contribution in [3.05, 3.63) is 82.6 Å². The van der Waals surface area contributed by atoms with Crippen LogP contribution in [0.3, 0.4) is 0 Å². The van der Waals surface area contributed by atoms with Gasteiger partial charge in [0.05, 0.1) is 37.1 Å². The summed E-state index contributed by atoms with van der Waals surface area (Å²) in [4.78, 5) is 14.1. The molecule has 0 spiro atoms. The van der Waals surface area contributed by atoms with Gasteiger partial charge < -0.3 is 24.8 Å². The molecule has 0 fully saturated rings. The second kappa shape index (κ2) is 11.0. The number of carbonyl (C=O) groups is 1. The second-order valence-electron chi connectivity index (χ2n) is 8.96. The molecular weight excluding hydrogens is 482 g/mol. The van der Waals surface area contributed by atoms with Crippen LogP contribution >= 0.6 is 0 Å². The van der Waals surface area contributed by atoms with Crippen LogP contribution in [0, 0.1) is 45.3 Å². The third-order valence-corrected chi connectivity index (χ3v) is 6.97. The molecule has 0 radical (unpaired) electrons. The highest BCUT2D eigenvalue weighted by Gasteiger charge is 2.55. The second-order valence-corrected chi connectivity index (χ2v) is 8.96. The summed E-state index contributed by atoms with van der Waals surface area (Å²) in [6, 6.07) is 21.2. The molecule has 1 heterocycles. The van der Waals surface area contributed by atoms with Gasteiger partial charge in [0.2, 0.25) is 0 Å². The average Bonchev–Trinajstić information content (AvgIpc) is 2.96. The minimum absolute atomic E-state index is 0.0922. The van der Waals surface area contributed by atoms with Crippen molar-refractivity contribution in [2.75, 3.05) is 26.8 Å². The summed E-state index contributed by atoms with van der Waals surface area (Å²) < 4.78 is 16.8. The number of hydrogen-bond acceptors (Lipinski definition) is 8. The molecule has 2 aromatic carbocycles. The Kier molecular flexibility index (Phi) is 7.55. The molecule has 1 aliphatic heterocycles. The van der Waals surface area contributed by atoms with Gasteiger partial charge in [0.1, 0.15) is 12.7 Å². The van der Waals surface area contributed by atoms with Crippen molar-refractivity contribution in [3.63, 3.8) is 0 Å². The van der Waals surface area contributed by atoms with E-state index in [0.29, 0.717) is 29.2 Å².